The number of benzene rings is 1. The first-order chi connectivity index (χ1) is 9.98. The highest BCUT2D eigenvalue weighted by Gasteiger charge is 2.38. The average molecular weight is 315 g/mol. The van der Waals surface area contributed by atoms with E-state index >= 15 is 0 Å². The van der Waals surface area contributed by atoms with Crippen molar-refractivity contribution in [2.75, 3.05) is 26.4 Å². The monoisotopic (exact) mass is 315 g/mol. The molecule has 21 heavy (non-hydrogen) atoms. The van der Waals surface area contributed by atoms with E-state index in [4.69, 9.17) is 10.2 Å². The summed E-state index contributed by atoms with van der Waals surface area (Å²) in [5.74, 6) is -2.64. The summed E-state index contributed by atoms with van der Waals surface area (Å²) >= 11 is 0. The van der Waals surface area contributed by atoms with E-state index in [1.807, 2.05) is 0 Å². The third-order valence-electron chi connectivity index (χ3n) is 2.93. The molecule has 0 aliphatic carbocycles. The summed E-state index contributed by atoms with van der Waals surface area (Å²) in [6.07, 6.45) is -1.73. The van der Waals surface area contributed by atoms with Gasteiger partial charge in [-0.15, -0.1) is 0 Å². The van der Waals surface area contributed by atoms with Crippen LogP contribution in [0.25, 0.3) is 0 Å². The third kappa shape index (κ3) is 4.47. The lowest BCUT2D eigenvalue weighted by atomic mass is 10.1. The summed E-state index contributed by atoms with van der Waals surface area (Å²) in [5.41, 5.74) is 0.427. The molecule has 1 atom stereocenters. The molecule has 0 radical (unpaired) electrons. The number of nitrogens with one attached hydrogen (secondary N) is 1. The zero-order valence-corrected chi connectivity index (χ0v) is 12.5. The van der Waals surface area contributed by atoms with Crippen LogP contribution in [0.15, 0.2) is 30.3 Å². The standard InChI is InChI=1S/C13H18NO6P/c1-20-13(18)12(21(19,8-15)9-16)14-7-11(17)10-5-3-2-4-6-10/h2-6,12,14-16H,7-9H2,1H3. The molecule has 1 unspecified atom stereocenters. The molecule has 0 fully saturated rings. The Balaban J connectivity index is 2.82. The molecule has 0 spiro atoms. The van der Waals surface area contributed by atoms with E-state index in [1.54, 1.807) is 30.3 Å². The first-order valence-corrected chi connectivity index (χ1v) is 8.32. The fourth-order valence-corrected chi connectivity index (χ4v) is 3.01. The maximum absolute atomic E-state index is 12.2. The van der Waals surface area contributed by atoms with Crippen LogP contribution >= 0.6 is 7.14 Å². The first kappa shape index (κ1) is 17.5. The van der Waals surface area contributed by atoms with E-state index in [0.29, 0.717) is 5.56 Å². The summed E-state index contributed by atoms with van der Waals surface area (Å²) in [6, 6.07) is 8.35. The summed E-state index contributed by atoms with van der Waals surface area (Å²) in [5, 5.41) is 20.8. The van der Waals surface area contributed by atoms with Crippen LogP contribution in [-0.4, -0.2) is 54.1 Å². The van der Waals surface area contributed by atoms with Crippen LogP contribution in [0.2, 0.25) is 0 Å². The lowest BCUT2D eigenvalue weighted by Crippen LogP contribution is -2.41. The second kappa shape index (κ2) is 8.05. The molecule has 8 heteroatoms. The second-order valence-corrected chi connectivity index (χ2v) is 7.32. The normalized spacial score (nSPS) is 12.7. The molecular formula is C13H18NO6P. The van der Waals surface area contributed by atoms with Crippen molar-refractivity contribution in [3.05, 3.63) is 35.9 Å². The van der Waals surface area contributed by atoms with Gasteiger partial charge in [-0.2, -0.15) is 0 Å². The van der Waals surface area contributed by atoms with Gasteiger partial charge in [-0.3, -0.25) is 10.1 Å². The minimum absolute atomic E-state index is 0.270. The molecule has 0 aromatic heterocycles. The fourth-order valence-electron chi connectivity index (χ4n) is 1.68. The highest BCUT2D eigenvalue weighted by atomic mass is 31.2. The Morgan fingerprint density at radius 2 is 1.81 bits per heavy atom. The molecule has 3 N–H and O–H groups in total. The first-order valence-electron chi connectivity index (χ1n) is 6.17. The second-order valence-electron chi connectivity index (χ2n) is 4.33. The van der Waals surface area contributed by atoms with Crippen LogP contribution in [0.5, 0.6) is 0 Å². The molecule has 0 aliphatic rings. The van der Waals surface area contributed by atoms with Crippen LogP contribution in [-0.2, 0) is 14.1 Å². The Morgan fingerprint density at radius 1 is 1.24 bits per heavy atom. The van der Waals surface area contributed by atoms with Gasteiger partial charge < -0.3 is 19.5 Å². The smallest absolute Gasteiger partial charge is 0.330 e. The number of hydrogen-bond acceptors (Lipinski definition) is 7. The van der Waals surface area contributed by atoms with E-state index in [9.17, 15) is 14.2 Å². The SMILES string of the molecule is COC(=O)C(NCC(=O)c1ccccc1)P(=O)(CO)CO. The summed E-state index contributed by atoms with van der Waals surface area (Å²) in [7, 11) is -2.55. The molecule has 0 heterocycles. The number of hydrogen-bond donors (Lipinski definition) is 3. The molecule has 0 saturated heterocycles. The highest BCUT2D eigenvalue weighted by molar-refractivity contribution is 7.65. The third-order valence-corrected chi connectivity index (χ3v) is 5.22. The molecule has 1 rings (SSSR count). The Morgan fingerprint density at radius 3 is 2.29 bits per heavy atom. The Bertz CT molecular complexity index is 525. The maximum Gasteiger partial charge on any atom is 0.330 e. The minimum Gasteiger partial charge on any atom is -0.467 e. The van der Waals surface area contributed by atoms with E-state index in [1.165, 1.54) is 0 Å². The van der Waals surface area contributed by atoms with Gasteiger partial charge in [0.1, 0.15) is 12.7 Å². The van der Waals surface area contributed by atoms with E-state index in [2.05, 4.69) is 10.1 Å². The number of carbonyl (C=O) groups excluding carboxylic acids is 2. The number of aliphatic hydroxyl groups is 2. The van der Waals surface area contributed by atoms with Crippen molar-refractivity contribution in [1.29, 1.82) is 0 Å². The van der Waals surface area contributed by atoms with Gasteiger partial charge >= 0.3 is 5.97 Å². The Hall–Kier alpha value is -1.53. The quantitative estimate of drug-likeness (QED) is 0.357. The summed E-state index contributed by atoms with van der Waals surface area (Å²) in [4.78, 5) is 23.6. The number of aliphatic hydroxyl groups excluding tert-OH is 2. The zero-order chi connectivity index (χ0) is 15.9. The largest absolute Gasteiger partial charge is 0.467 e. The molecule has 1 aromatic rings. The number of esters is 1. The van der Waals surface area contributed by atoms with Crippen molar-refractivity contribution in [3.63, 3.8) is 0 Å². The summed E-state index contributed by atoms with van der Waals surface area (Å²) in [6.45, 7) is -0.270. The fraction of sp³-hybridized carbons (Fsp3) is 0.385. The number of Topliss-reactive ketones (excluding diaryl/α,β-unsaturated/α-hetero) is 1. The number of carbonyl (C=O) groups is 2. The van der Waals surface area contributed by atoms with Crippen molar-refractivity contribution >= 4 is 18.9 Å². The molecule has 116 valence electrons. The van der Waals surface area contributed by atoms with Gasteiger partial charge in [0.15, 0.2) is 18.7 Å². The predicted octanol–water partition coefficient (Wildman–Crippen LogP) is 0.221. The molecule has 7 nitrogen and oxygen atoms in total. The Labute approximate surface area is 122 Å². The minimum atomic E-state index is -3.64. The van der Waals surface area contributed by atoms with Gasteiger partial charge in [-0.1, -0.05) is 30.3 Å². The molecular weight excluding hydrogens is 297 g/mol. The van der Waals surface area contributed by atoms with Crippen LogP contribution in [0.1, 0.15) is 10.4 Å². The maximum atomic E-state index is 12.2. The van der Waals surface area contributed by atoms with Crippen molar-refractivity contribution in [2.45, 2.75) is 5.78 Å². The summed E-state index contributed by atoms with van der Waals surface area (Å²) < 4.78 is 16.7. The van der Waals surface area contributed by atoms with Gasteiger partial charge in [-0.25, -0.2) is 4.79 Å². The van der Waals surface area contributed by atoms with Crippen molar-refractivity contribution < 1.29 is 29.1 Å². The van der Waals surface area contributed by atoms with E-state index < -0.39 is 31.6 Å². The zero-order valence-electron chi connectivity index (χ0n) is 11.6. The lowest BCUT2D eigenvalue weighted by molar-refractivity contribution is -0.140. The highest BCUT2D eigenvalue weighted by Crippen LogP contribution is 2.47. The van der Waals surface area contributed by atoms with E-state index in [-0.39, 0.29) is 12.3 Å². The van der Waals surface area contributed by atoms with Crippen molar-refractivity contribution in [3.8, 4) is 0 Å². The predicted molar refractivity (Wildman–Crippen MR) is 76.4 cm³/mol. The van der Waals surface area contributed by atoms with Gasteiger partial charge in [0.2, 0.25) is 0 Å². The van der Waals surface area contributed by atoms with E-state index in [0.717, 1.165) is 7.11 Å². The molecule has 0 saturated carbocycles. The van der Waals surface area contributed by atoms with Crippen LogP contribution in [0.3, 0.4) is 0 Å². The van der Waals surface area contributed by atoms with Gasteiger partial charge in [0.05, 0.1) is 13.7 Å². The number of ketones is 1. The van der Waals surface area contributed by atoms with Crippen molar-refractivity contribution in [1.82, 2.24) is 5.32 Å². The van der Waals surface area contributed by atoms with Crippen LogP contribution in [0, 0.1) is 0 Å². The average Bonchev–Trinajstić information content (AvgIpc) is 2.54. The van der Waals surface area contributed by atoms with Crippen LogP contribution in [0.4, 0.5) is 0 Å². The van der Waals surface area contributed by atoms with Gasteiger partial charge in [-0.05, 0) is 0 Å². The molecule has 1 aromatic carbocycles. The molecule has 0 amide bonds. The van der Waals surface area contributed by atoms with Gasteiger partial charge in [0.25, 0.3) is 0 Å². The number of ether oxygens (including phenoxy) is 1. The van der Waals surface area contributed by atoms with Crippen molar-refractivity contribution in [2.24, 2.45) is 0 Å². The number of rotatable bonds is 8. The lowest BCUT2D eigenvalue weighted by Gasteiger charge is -2.23. The van der Waals surface area contributed by atoms with Crippen LogP contribution < -0.4 is 5.32 Å². The Kier molecular flexibility index (Phi) is 6.71. The van der Waals surface area contributed by atoms with Gasteiger partial charge in [0, 0.05) is 5.56 Å². The topological polar surface area (TPSA) is 113 Å². The molecule has 0 aliphatic heterocycles. The number of methoxy groups -OCH3 is 1. The molecule has 0 bridgehead atoms.